The molecule has 1 heterocycles. The molecule has 1 N–H and O–H groups in total. The van der Waals surface area contributed by atoms with Crippen molar-refractivity contribution >= 4 is 5.82 Å². The van der Waals surface area contributed by atoms with E-state index in [2.05, 4.69) is 29.1 Å². The number of nitrogens with one attached hydrogen (secondary N) is 1. The normalized spacial score (nSPS) is 11.8. The number of nitriles is 1. The molecule has 0 saturated heterocycles. The quantitative estimate of drug-likeness (QED) is 0.882. The van der Waals surface area contributed by atoms with Gasteiger partial charge in [0.05, 0.1) is 19.0 Å². The van der Waals surface area contributed by atoms with Crippen molar-refractivity contribution in [1.29, 1.82) is 5.26 Å². The Balaban J connectivity index is 1.96. The predicted octanol–water partition coefficient (Wildman–Crippen LogP) is 3.56. The largest absolute Gasteiger partial charge is 0.493 e. The summed E-state index contributed by atoms with van der Waals surface area (Å²) in [5, 5.41) is 12.0. The molecule has 1 atom stereocenters. The van der Waals surface area contributed by atoms with E-state index < -0.39 is 0 Å². The molecule has 0 radical (unpaired) electrons. The fourth-order valence-electron chi connectivity index (χ4n) is 1.88. The summed E-state index contributed by atoms with van der Waals surface area (Å²) >= 11 is 0. The molecule has 1 aromatic carbocycles. The van der Waals surface area contributed by atoms with Gasteiger partial charge in [-0.05, 0) is 30.5 Å². The summed E-state index contributed by atoms with van der Waals surface area (Å²) in [6.45, 7) is 7.01. The molecule has 5 nitrogen and oxygen atoms in total. The highest BCUT2D eigenvalue weighted by Crippen LogP contribution is 2.20. The Bertz CT molecular complexity index is 629. The lowest BCUT2D eigenvalue weighted by molar-refractivity contribution is 0.271. The van der Waals surface area contributed by atoms with Crippen LogP contribution in [-0.2, 0) is 0 Å². The van der Waals surface area contributed by atoms with Gasteiger partial charge in [-0.1, -0.05) is 26.0 Å². The molecule has 2 aromatic rings. The molecule has 1 unspecified atom stereocenters. The summed E-state index contributed by atoms with van der Waals surface area (Å²) in [6.07, 6.45) is 3.02. The van der Waals surface area contributed by atoms with Gasteiger partial charge in [-0.15, -0.1) is 0 Å². The van der Waals surface area contributed by atoms with Gasteiger partial charge >= 0.3 is 0 Å². The van der Waals surface area contributed by atoms with Crippen molar-refractivity contribution in [3.63, 3.8) is 0 Å². The molecule has 0 spiro atoms. The first-order valence-corrected chi connectivity index (χ1v) is 7.30. The third kappa shape index (κ3) is 4.45. The van der Waals surface area contributed by atoms with Crippen LogP contribution in [0, 0.1) is 17.2 Å². The van der Waals surface area contributed by atoms with E-state index in [-0.39, 0.29) is 6.04 Å². The van der Waals surface area contributed by atoms with E-state index >= 15 is 0 Å². The zero-order valence-electron chi connectivity index (χ0n) is 13.1. The number of anilines is 1. The smallest absolute Gasteiger partial charge is 0.158 e. The van der Waals surface area contributed by atoms with Crippen molar-refractivity contribution in [2.45, 2.75) is 26.8 Å². The molecule has 0 aliphatic rings. The van der Waals surface area contributed by atoms with Crippen molar-refractivity contribution in [3.05, 3.63) is 47.9 Å². The van der Waals surface area contributed by atoms with Crippen LogP contribution < -0.4 is 10.1 Å². The van der Waals surface area contributed by atoms with E-state index in [0.29, 0.717) is 24.0 Å². The Hall–Kier alpha value is -2.61. The molecular weight excluding hydrogens is 276 g/mol. The zero-order chi connectivity index (χ0) is 15.9. The van der Waals surface area contributed by atoms with Crippen molar-refractivity contribution < 1.29 is 4.74 Å². The van der Waals surface area contributed by atoms with Crippen molar-refractivity contribution in [2.75, 3.05) is 11.9 Å². The molecule has 1 aromatic heterocycles. The number of hydrogen-bond acceptors (Lipinski definition) is 5. The fourth-order valence-corrected chi connectivity index (χ4v) is 1.88. The monoisotopic (exact) mass is 296 g/mol. The lowest BCUT2D eigenvalue weighted by Crippen LogP contribution is -2.09. The van der Waals surface area contributed by atoms with E-state index in [1.54, 1.807) is 6.20 Å². The summed E-state index contributed by atoms with van der Waals surface area (Å²) in [5.74, 6) is 2.03. The first kappa shape index (κ1) is 15.8. The van der Waals surface area contributed by atoms with Crippen LogP contribution in [0.25, 0.3) is 0 Å². The minimum atomic E-state index is 0.0846. The van der Waals surface area contributed by atoms with Crippen LogP contribution in [0.1, 0.15) is 38.1 Å². The topological polar surface area (TPSA) is 70.8 Å². The Morgan fingerprint density at radius 3 is 2.41 bits per heavy atom. The second-order valence-electron chi connectivity index (χ2n) is 5.54. The van der Waals surface area contributed by atoms with Crippen LogP contribution >= 0.6 is 0 Å². The molecule has 114 valence electrons. The molecule has 5 heteroatoms. The Kier molecular flexibility index (Phi) is 5.31. The molecule has 0 fully saturated rings. The van der Waals surface area contributed by atoms with Gasteiger partial charge in [0.1, 0.15) is 17.6 Å². The maximum atomic E-state index is 8.71. The van der Waals surface area contributed by atoms with Crippen LogP contribution in [0.4, 0.5) is 5.82 Å². The number of hydrogen-bond donors (Lipinski definition) is 1. The Morgan fingerprint density at radius 2 is 1.86 bits per heavy atom. The van der Waals surface area contributed by atoms with E-state index in [1.165, 1.54) is 6.20 Å². The number of rotatable bonds is 6. The van der Waals surface area contributed by atoms with Gasteiger partial charge in [-0.2, -0.15) is 5.26 Å². The van der Waals surface area contributed by atoms with Gasteiger partial charge in [-0.25, -0.2) is 9.97 Å². The number of ether oxygens (including phenoxy) is 1. The minimum Gasteiger partial charge on any atom is -0.493 e. The fraction of sp³-hybridized carbons (Fsp3) is 0.353. The Labute approximate surface area is 131 Å². The van der Waals surface area contributed by atoms with Crippen molar-refractivity contribution in [2.24, 2.45) is 5.92 Å². The highest BCUT2D eigenvalue weighted by Gasteiger charge is 2.07. The highest BCUT2D eigenvalue weighted by molar-refractivity contribution is 5.38. The second kappa shape index (κ2) is 7.41. The van der Waals surface area contributed by atoms with Crippen LogP contribution in [-0.4, -0.2) is 16.6 Å². The van der Waals surface area contributed by atoms with Gasteiger partial charge in [0.15, 0.2) is 5.69 Å². The van der Waals surface area contributed by atoms with Gasteiger partial charge in [0, 0.05) is 6.04 Å². The molecule has 2 rings (SSSR count). The minimum absolute atomic E-state index is 0.0846. The van der Waals surface area contributed by atoms with Gasteiger partial charge in [0.25, 0.3) is 0 Å². The van der Waals surface area contributed by atoms with Gasteiger partial charge < -0.3 is 10.1 Å². The number of benzene rings is 1. The first-order valence-electron chi connectivity index (χ1n) is 7.30. The van der Waals surface area contributed by atoms with Crippen LogP contribution in [0.2, 0.25) is 0 Å². The average Bonchev–Trinajstić information content (AvgIpc) is 2.54. The standard InChI is InChI=1S/C17H20N4O/c1-12(2)11-22-16-6-4-14(5-7-16)13(3)21-17-10-19-15(8-18)9-20-17/h4-7,9-10,12-13H,11H2,1-3H3,(H,20,21). The molecular formula is C17H20N4O. The van der Waals surface area contributed by atoms with Crippen molar-refractivity contribution in [1.82, 2.24) is 9.97 Å². The van der Waals surface area contributed by atoms with Crippen LogP contribution in [0.5, 0.6) is 5.75 Å². The first-order chi connectivity index (χ1) is 10.6. The number of nitrogens with zero attached hydrogens (tertiary/aromatic N) is 3. The van der Waals surface area contributed by atoms with E-state index in [4.69, 9.17) is 10.00 Å². The summed E-state index contributed by atoms with van der Waals surface area (Å²) in [7, 11) is 0. The lowest BCUT2D eigenvalue weighted by atomic mass is 10.1. The third-order valence-corrected chi connectivity index (χ3v) is 3.09. The second-order valence-corrected chi connectivity index (χ2v) is 5.54. The molecule has 0 amide bonds. The number of aromatic nitrogens is 2. The maximum absolute atomic E-state index is 8.71. The average molecular weight is 296 g/mol. The summed E-state index contributed by atoms with van der Waals surface area (Å²) in [5.41, 5.74) is 1.44. The van der Waals surface area contributed by atoms with Gasteiger partial charge in [-0.3, -0.25) is 0 Å². The zero-order valence-corrected chi connectivity index (χ0v) is 13.1. The maximum Gasteiger partial charge on any atom is 0.158 e. The highest BCUT2D eigenvalue weighted by atomic mass is 16.5. The third-order valence-electron chi connectivity index (χ3n) is 3.09. The summed E-state index contributed by atoms with van der Waals surface area (Å²) in [4.78, 5) is 8.15. The van der Waals surface area contributed by atoms with E-state index in [0.717, 1.165) is 11.3 Å². The van der Waals surface area contributed by atoms with Crippen LogP contribution in [0.3, 0.4) is 0 Å². The molecule has 0 aliphatic carbocycles. The SMILES string of the molecule is CC(C)COc1ccc(C(C)Nc2cnc(C#N)cn2)cc1. The molecule has 0 bridgehead atoms. The van der Waals surface area contributed by atoms with E-state index in [1.807, 2.05) is 37.3 Å². The summed E-state index contributed by atoms with van der Waals surface area (Å²) in [6, 6.07) is 10.0. The van der Waals surface area contributed by atoms with Crippen LogP contribution in [0.15, 0.2) is 36.7 Å². The lowest BCUT2D eigenvalue weighted by Gasteiger charge is -2.15. The Morgan fingerprint density at radius 1 is 1.14 bits per heavy atom. The summed E-state index contributed by atoms with van der Waals surface area (Å²) < 4.78 is 5.67. The van der Waals surface area contributed by atoms with Crippen molar-refractivity contribution in [3.8, 4) is 11.8 Å². The predicted molar refractivity (Wildman–Crippen MR) is 85.6 cm³/mol. The van der Waals surface area contributed by atoms with E-state index in [9.17, 15) is 0 Å². The molecule has 0 saturated carbocycles. The molecule has 0 aliphatic heterocycles. The van der Waals surface area contributed by atoms with Gasteiger partial charge in [0.2, 0.25) is 0 Å². The molecule has 22 heavy (non-hydrogen) atoms.